The minimum Gasteiger partial charge on any atom is -0.330 e. The number of rotatable bonds is 1. The molecule has 20 heavy (non-hydrogen) atoms. The fourth-order valence-corrected chi connectivity index (χ4v) is 7.44. The van der Waals surface area contributed by atoms with Crippen molar-refractivity contribution < 1.29 is 0 Å². The molecular weight excluding hydrogens is 242 g/mol. The van der Waals surface area contributed by atoms with Crippen LogP contribution in [0, 0.1) is 34.5 Å². The third-order valence-corrected chi connectivity index (χ3v) is 8.52. The van der Waals surface area contributed by atoms with Crippen LogP contribution in [0.5, 0.6) is 0 Å². The molecule has 1 heteroatoms. The maximum absolute atomic E-state index is 6.27. The zero-order valence-corrected chi connectivity index (χ0v) is 13.4. The lowest BCUT2D eigenvalue weighted by atomic mass is 9.45. The number of fused-ring (bicyclic) bond motifs is 5. The summed E-state index contributed by atoms with van der Waals surface area (Å²) >= 11 is 0. The Morgan fingerprint density at radius 1 is 0.850 bits per heavy atom. The van der Waals surface area contributed by atoms with E-state index in [9.17, 15) is 0 Å². The highest BCUT2D eigenvalue weighted by Gasteiger charge is 2.57. The summed E-state index contributed by atoms with van der Waals surface area (Å²) in [6.07, 6.45) is 16.5. The van der Waals surface area contributed by atoms with Gasteiger partial charge < -0.3 is 5.73 Å². The third kappa shape index (κ3) is 1.71. The Bertz CT molecular complexity index is 378. The van der Waals surface area contributed by atoms with E-state index in [1.807, 2.05) is 0 Å². The van der Waals surface area contributed by atoms with Gasteiger partial charge in [0.15, 0.2) is 0 Å². The molecule has 2 N–H and O–H groups in total. The second kappa shape index (κ2) is 4.73. The van der Waals surface area contributed by atoms with Crippen LogP contribution >= 0.6 is 0 Å². The molecule has 0 bridgehead atoms. The molecule has 0 aromatic heterocycles. The zero-order valence-electron chi connectivity index (χ0n) is 13.4. The van der Waals surface area contributed by atoms with Gasteiger partial charge in [-0.3, -0.25) is 0 Å². The van der Waals surface area contributed by atoms with Gasteiger partial charge in [-0.2, -0.15) is 0 Å². The summed E-state index contributed by atoms with van der Waals surface area (Å²) in [5, 5.41) is 0. The summed E-state index contributed by atoms with van der Waals surface area (Å²) < 4.78 is 0. The summed E-state index contributed by atoms with van der Waals surface area (Å²) in [4.78, 5) is 0. The minimum atomic E-state index is 0.568. The van der Waals surface area contributed by atoms with Crippen LogP contribution in [0.15, 0.2) is 0 Å². The van der Waals surface area contributed by atoms with Crippen LogP contribution in [0.2, 0.25) is 0 Å². The third-order valence-electron chi connectivity index (χ3n) is 8.52. The second-order valence-corrected chi connectivity index (χ2v) is 8.90. The van der Waals surface area contributed by atoms with Crippen molar-refractivity contribution in [3.8, 4) is 0 Å². The van der Waals surface area contributed by atoms with Crippen LogP contribution in [-0.4, -0.2) is 6.54 Å². The standard InChI is InChI=1S/C19H33N/c1-18-10-3-2-5-14(18)7-8-15-16(18)9-12-19(13-20)11-4-6-17(15)19/h14-17H,2-13,20H2,1H3/t14?,15-,16+,17+,18+,19+/m1/s1. The molecule has 0 amide bonds. The molecular formula is C19H33N. The largest absolute Gasteiger partial charge is 0.330 e. The van der Waals surface area contributed by atoms with Crippen molar-refractivity contribution in [2.45, 2.75) is 77.6 Å². The van der Waals surface area contributed by atoms with Crippen molar-refractivity contribution in [2.75, 3.05) is 6.54 Å². The van der Waals surface area contributed by atoms with E-state index in [1.165, 1.54) is 70.6 Å². The molecule has 6 atom stereocenters. The Labute approximate surface area is 125 Å². The van der Waals surface area contributed by atoms with Gasteiger partial charge in [0.05, 0.1) is 0 Å². The molecule has 0 saturated heterocycles. The van der Waals surface area contributed by atoms with Crippen LogP contribution in [0.25, 0.3) is 0 Å². The predicted molar refractivity (Wildman–Crippen MR) is 84.3 cm³/mol. The van der Waals surface area contributed by atoms with Crippen molar-refractivity contribution in [3.05, 3.63) is 0 Å². The smallest absolute Gasteiger partial charge is 0.00178 e. The van der Waals surface area contributed by atoms with Gasteiger partial charge >= 0.3 is 0 Å². The van der Waals surface area contributed by atoms with E-state index in [-0.39, 0.29) is 0 Å². The van der Waals surface area contributed by atoms with Crippen LogP contribution in [0.1, 0.15) is 77.6 Å². The highest BCUT2D eigenvalue weighted by atomic mass is 14.7. The minimum absolute atomic E-state index is 0.568. The SMILES string of the molecule is C[C@]12CCCCC1CC[C@H]1[C@@H]3CCC[C@@]3(CN)CC[C@@H]12. The Morgan fingerprint density at radius 2 is 1.75 bits per heavy atom. The summed E-state index contributed by atoms with van der Waals surface area (Å²) in [5.41, 5.74) is 7.53. The van der Waals surface area contributed by atoms with E-state index in [1.54, 1.807) is 0 Å². The molecule has 4 rings (SSSR count). The summed E-state index contributed by atoms with van der Waals surface area (Å²) in [6, 6.07) is 0. The monoisotopic (exact) mass is 275 g/mol. The first-order valence-electron chi connectivity index (χ1n) is 9.40. The molecule has 4 aliphatic carbocycles. The van der Waals surface area contributed by atoms with Gasteiger partial charge in [-0.1, -0.05) is 26.2 Å². The molecule has 0 aromatic rings. The van der Waals surface area contributed by atoms with E-state index in [2.05, 4.69) is 6.92 Å². The molecule has 0 heterocycles. The van der Waals surface area contributed by atoms with Crippen molar-refractivity contribution in [2.24, 2.45) is 40.2 Å². The normalized spacial score (nSPS) is 54.9. The van der Waals surface area contributed by atoms with E-state index in [4.69, 9.17) is 5.73 Å². The molecule has 4 saturated carbocycles. The predicted octanol–water partition coefficient (Wildman–Crippen LogP) is 4.75. The molecule has 0 aromatic carbocycles. The van der Waals surface area contributed by atoms with E-state index in [0.717, 1.165) is 30.2 Å². The van der Waals surface area contributed by atoms with Gasteiger partial charge in [0.25, 0.3) is 0 Å². The Balaban J connectivity index is 1.64. The van der Waals surface area contributed by atoms with Crippen LogP contribution in [0.3, 0.4) is 0 Å². The Morgan fingerprint density at radius 3 is 2.60 bits per heavy atom. The summed E-state index contributed by atoms with van der Waals surface area (Å²) in [5.74, 6) is 4.13. The van der Waals surface area contributed by atoms with Crippen LogP contribution < -0.4 is 5.73 Å². The van der Waals surface area contributed by atoms with Crippen LogP contribution in [0.4, 0.5) is 0 Å². The average molecular weight is 275 g/mol. The fraction of sp³-hybridized carbons (Fsp3) is 1.00. The van der Waals surface area contributed by atoms with Crippen molar-refractivity contribution in [1.82, 2.24) is 0 Å². The molecule has 1 unspecified atom stereocenters. The summed E-state index contributed by atoms with van der Waals surface area (Å²) in [6.45, 7) is 3.65. The number of hydrogen-bond acceptors (Lipinski definition) is 1. The van der Waals surface area contributed by atoms with Crippen molar-refractivity contribution in [3.63, 3.8) is 0 Å². The highest BCUT2D eigenvalue weighted by Crippen LogP contribution is 2.65. The molecule has 4 aliphatic rings. The molecule has 0 radical (unpaired) electrons. The van der Waals surface area contributed by atoms with Gasteiger partial charge in [0, 0.05) is 0 Å². The highest BCUT2D eigenvalue weighted by molar-refractivity contribution is 5.08. The molecule has 0 spiro atoms. The van der Waals surface area contributed by atoms with Gasteiger partial charge in [-0.15, -0.1) is 0 Å². The number of nitrogens with two attached hydrogens (primary N) is 1. The fourth-order valence-electron chi connectivity index (χ4n) is 7.44. The van der Waals surface area contributed by atoms with E-state index >= 15 is 0 Å². The number of hydrogen-bond donors (Lipinski definition) is 1. The average Bonchev–Trinajstić information content (AvgIpc) is 2.91. The van der Waals surface area contributed by atoms with E-state index in [0.29, 0.717) is 10.8 Å². The van der Waals surface area contributed by atoms with Crippen LogP contribution in [-0.2, 0) is 0 Å². The second-order valence-electron chi connectivity index (χ2n) is 8.90. The van der Waals surface area contributed by atoms with Gasteiger partial charge in [-0.25, -0.2) is 0 Å². The van der Waals surface area contributed by atoms with Crippen molar-refractivity contribution >= 4 is 0 Å². The first-order chi connectivity index (χ1) is 9.70. The molecule has 114 valence electrons. The lowest BCUT2D eigenvalue weighted by molar-refractivity contribution is -0.105. The maximum Gasteiger partial charge on any atom is -0.00178 e. The first-order valence-corrected chi connectivity index (χ1v) is 9.40. The molecule has 0 aliphatic heterocycles. The Kier molecular flexibility index (Phi) is 3.22. The van der Waals surface area contributed by atoms with Crippen molar-refractivity contribution in [1.29, 1.82) is 0 Å². The van der Waals surface area contributed by atoms with Gasteiger partial charge in [0.1, 0.15) is 0 Å². The lowest BCUT2D eigenvalue weighted by Crippen LogP contribution is -2.53. The zero-order chi connectivity index (χ0) is 13.8. The Hall–Kier alpha value is -0.0400. The van der Waals surface area contributed by atoms with E-state index < -0.39 is 0 Å². The summed E-state index contributed by atoms with van der Waals surface area (Å²) in [7, 11) is 0. The molecule has 1 nitrogen and oxygen atoms in total. The lowest BCUT2D eigenvalue weighted by Gasteiger charge is -2.60. The quantitative estimate of drug-likeness (QED) is 0.734. The van der Waals surface area contributed by atoms with Gasteiger partial charge in [-0.05, 0) is 92.4 Å². The van der Waals surface area contributed by atoms with Gasteiger partial charge in [0.2, 0.25) is 0 Å². The maximum atomic E-state index is 6.27. The first kappa shape index (κ1) is 13.6. The topological polar surface area (TPSA) is 26.0 Å². The molecule has 4 fully saturated rings.